The zero-order chi connectivity index (χ0) is 15.7. The van der Waals surface area contributed by atoms with Gasteiger partial charge in [0.15, 0.2) is 5.65 Å². The molecule has 3 heterocycles. The fraction of sp³-hybridized carbons (Fsp3) is 0.0714. The largest absolute Gasteiger partial charge is 0.478 e. The number of carbonyl (C=O) groups excluding carboxylic acids is 1. The van der Waals surface area contributed by atoms with E-state index in [1.54, 1.807) is 12.1 Å². The normalized spacial score (nSPS) is 10.6. The van der Waals surface area contributed by atoms with Gasteiger partial charge >= 0.3 is 5.97 Å². The number of rotatable bonds is 3. The third kappa shape index (κ3) is 2.26. The van der Waals surface area contributed by atoms with Crippen molar-refractivity contribution in [2.75, 3.05) is 7.05 Å². The lowest BCUT2D eigenvalue weighted by atomic mass is 10.2. The fourth-order valence-electron chi connectivity index (χ4n) is 2.03. The predicted octanol–water partition coefficient (Wildman–Crippen LogP) is 1.08. The second kappa shape index (κ2) is 5.24. The SMILES string of the molecule is CNC(=O)c1ccnc(-c2cnc3[nH]cc(C(=O)O)c3n2)c1. The van der Waals surface area contributed by atoms with Crippen LogP contribution in [0.15, 0.2) is 30.7 Å². The molecule has 0 saturated carbocycles. The molecular formula is C14H11N5O3. The summed E-state index contributed by atoms with van der Waals surface area (Å²) in [7, 11) is 1.53. The number of carboxylic acids is 1. The number of hydrogen-bond donors (Lipinski definition) is 3. The number of carboxylic acid groups (broad SMARTS) is 1. The maximum atomic E-state index is 11.7. The van der Waals surface area contributed by atoms with E-state index >= 15 is 0 Å². The Bertz CT molecular complexity index is 887. The van der Waals surface area contributed by atoms with Crippen LogP contribution in [0, 0.1) is 0 Å². The molecule has 3 N–H and O–H groups in total. The third-order valence-corrected chi connectivity index (χ3v) is 3.12. The van der Waals surface area contributed by atoms with E-state index in [4.69, 9.17) is 5.11 Å². The van der Waals surface area contributed by atoms with Gasteiger partial charge in [0.25, 0.3) is 5.91 Å². The maximum absolute atomic E-state index is 11.7. The number of carbonyl (C=O) groups is 2. The highest BCUT2D eigenvalue weighted by Crippen LogP contribution is 2.20. The van der Waals surface area contributed by atoms with Crippen LogP contribution in [0.25, 0.3) is 22.6 Å². The number of aromatic carboxylic acids is 1. The van der Waals surface area contributed by atoms with E-state index < -0.39 is 5.97 Å². The highest BCUT2D eigenvalue weighted by Gasteiger charge is 2.15. The highest BCUT2D eigenvalue weighted by atomic mass is 16.4. The third-order valence-electron chi connectivity index (χ3n) is 3.12. The van der Waals surface area contributed by atoms with Crippen molar-refractivity contribution in [1.29, 1.82) is 0 Å². The summed E-state index contributed by atoms with van der Waals surface area (Å²) < 4.78 is 0. The number of H-pyrrole nitrogens is 1. The van der Waals surface area contributed by atoms with Crippen molar-refractivity contribution in [1.82, 2.24) is 25.3 Å². The van der Waals surface area contributed by atoms with Gasteiger partial charge in [-0.2, -0.15) is 0 Å². The number of fused-ring (bicyclic) bond motifs is 1. The van der Waals surface area contributed by atoms with Crippen molar-refractivity contribution in [2.45, 2.75) is 0 Å². The first-order chi connectivity index (χ1) is 10.6. The zero-order valence-corrected chi connectivity index (χ0v) is 11.5. The minimum absolute atomic E-state index is 0.0341. The molecule has 110 valence electrons. The second-order valence-corrected chi connectivity index (χ2v) is 4.47. The molecule has 1 amide bonds. The van der Waals surface area contributed by atoms with E-state index in [1.807, 2.05) is 0 Å². The first-order valence-electron chi connectivity index (χ1n) is 6.36. The van der Waals surface area contributed by atoms with E-state index in [1.165, 1.54) is 25.6 Å². The quantitative estimate of drug-likeness (QED) is 0.665. The number of nitrogens with zero attached hydrogens (tertiary/aromatic N) is 3. The molecule has 0 bridgehead atoms. The maximum Gasteiger partial charge on any atom is 0.339 e. The molecule has 0 unspecified atom stereocenters. The number of aromatic amines is 1. The number of amides is 1. The molecule has 22 heavy (non-hydrogen) atoms. The van der Waals surface area contributed by atoms with Crippen LogP contribution in [0.3, 0.4) is 0 Å². The van der Waals surface area contributed by atoms with E-state index in [0.29, 0.717) is 22.6 Å². The standard InChI is InChI=1S/C14H11N5O3/c1-15-13(20)7-2-3-16-9(4-7)10-6-18-12-11(19-10)8(5-17-12)14(21)22/h2-6H,1H3,(H,15,20)(H,17,18)(H,21,22). The minimum atomic E-state index is -1.09. The molecule has 3 aromatic heterocycles. The lowest BCUT2D eigenvalue weighted by Crippen LogP contribution is -2.17. The van der Waals surface area contributed by atoms with Gasteiger partial charge in [-0.3, -0.25) is 9.78 Å². The Hall–Kier alpha value is -3.29. The van der Waals surface area contributed by atoms with Crippen molar-refractivity contribution < 1.29 is 14.7 Å². The topological polar surface area (TPSA) is 121 Å². The molecular weight excluding hydrogens is 286 g/mol. The summed E-state index contributed by atoms with van der Waals surface area (Å²) in [6.07, 6.45) is 4.30. The van der Waals surface area contributed by atoms with Gasteiger partial charge < -0.3 is 15.4 Å². The number of nitrogens with one attached hydrogen (secondary N) is 2. The van der Waals surface area contributed by atoms with Gasteiger partial charge in [0, 0.05) is 25.0 Å². The van der Waals surface area contributed by atoms with Crippen LogP contribution in [0.4, 0.5) is 0 Å². The summed E-state index contributed by atoms with van der Waals surface area (Å²) in [6, 6.07) is 3.15. The van der Waals surface area contributed by atoms with E-state index in [0.717, 1.165) is 0 Å². The Kier molecular flexibility index (Phi) is 3.26. The Morgan fingerprint density at radius 1 is 1.27 bits per heavy atom. The van der Waals surface area contributed by atoms with Gasteiger partial charge in [-0.25, -0.2) is 14.8 Å². The first-order valence-corrected chi connectivity index (χ1v) is 6.36. The average molecular weight is 297 g/mol. The fourth-order valence-corrected chi connectivity index (χ4v) is 2.03. The highest BCUT2D eigenvalue weighted by molar-refractivity contribution is 6.00. The van der Waals surface area contributed by atoms with E-state index in [2.05, 4.69) is 25.3 Å². The second-order valence-electron chi connectivity index (χ2n) is 4.47. The predicted molar refractivity (Wildman–Crippen MR) is 77.5 cm³/mol. The van der Waals surface area contributed by atoms with Crippen molar-refractivity contribution in [3.05, 3.63) is 41.9 Å². The van der Waals surface area contributed by atoms with Gasteiger partial charge in [-0.1, -0.05) is 0 Å². The summed E-state index contributed by atoms with van der Waals surface area (Å²) >= 11 is 0. The van der Waals surface area contributed by atoms with Crippen LogP contribution in [0.5, 0.6) is 0 Å². The van der Waals surface area contributed by atoms with Crippen LogP contribution >= 0.6 is 0 Å². The monoisotopic (exact) mass is 297 g/mol. The van der Waals surface area contributed by atoms with Crippen LogP contribution in [0.2, 0.25) is 0 Å². The Morgan fingerprint density at radius 2 is 2.09 bits per heavy atom. The van der Waals surface area contributed by atoms with Crippen LogP contribution in [-0.4, -0.2) is 44.0 Å². The van der Waals surface area contributed by atoms with Crippen LogP contribution in [0.1, 0.15) is 20.7 Å². The van der Waals surface area contributed by atoms with Gasteiger partial charge in [-0.15, -0.1) is 0 Å². The molecule has 8 heteroatoms. The van der Waals surface area contributed by atoms with Crippen molar-refractivity contribution >= 4 is 23.0 Å². The molecule has 0 radical (unpaired) electrons. The van der Waals surface area contributed by atoms with Gasteiger partial charge in [0.2, 0.25) is 0 Å². The van der Waals surface area contributed by atoms with Crippen molar-refractivity contribution in [3.63, 3.8) is 0 Å². The molecule has 0 aliphatic rings. The first kappa shape index (κ1) is 13.7. The molecule has 0 aliphatic carbocycles. The zero-order valence-electron chi connectivity index (χ0n) is 11.5. The Balaban J connectivity index is 2.12. The summed E-state index contributed by atoms with van der Waals surface area (Å²) in [5.41, 5.74) is 1.92. The molecule has 0 saturated heterocycles. The minimum Gasteiger partial charge on any atom is -0.478 e. The van der Waals surface area contributed by atoms with E-state index in [9.17, 15) is 9.59 Å². The molecule has 0 spiro atoms. The summed E-state index contributed by atoms with van der Waals surface area (Å²) in [4.78, 5) is 38.1. The average Bonchev–Trinajstić information content (AvgIpc) is 2.97. The molecule has 0 aliphatic heterocycles. The molecule has 0 aromatic carbocycles. The Labute approximate surface area is 124 Å². The van der Waals surface area contributed by atoms with Gasteiger partial charge in [0.1, 0.15) is 16.8 Å². The molecule has 3 rings (SSSR count). The number of hydrogen-bond acceptors (Lipinski definition) is 5. The molecule has 3 aromatic rings. The molecule has 0 atom stereocenters. The number of pyridine rings is 1. The van der Waals surface area contributed by atoms with Crippen molar-refractivity contribution in [2.24, 2.45) is 0 Å². The lowest BCUT2D eigenvalue weighted by molar-refractivity contribution is 0.0698. The summed E-state index contributed by atoms with van der Waals surface area (Å²) in [5, 5.41) is 11.6. The smallest absolute Gasteiger partial charge is 0.339 e. The summed E-state index contributed by atoms with van der Waals surface area (Å²) in [5.74, 6) is -1.34. The molecule has 0 fully saturated rings. The lowest BCUT2D eigenvalue weighted by Gasteiger charge is -2.03. The van der Waals surface area contributed by atoms with Gasteiger partial charge in [-0.05, 0) is 12.1 Å². The van der Waals surface area contributed by atoms with Crippen LogP contribution < -0.4 is 5.32 Å². The number of aromatic nitrogens is 4. The molecule has 8 nitrogen and oxygen atoms in total. The summed E-state index contributed by atoms with van der Waals surface area (Å²) in [6.45, 7) is 0. The van der Waals surface area contributed by atoms with Crippen LogP contribution in [-0.2, 0) is 0 Å². The Morgan fingerprint density at radius 3 is 2.82 bits per heavy atom. The van der Waals surface area contributed by atoms with Crippen molar-refractivity contribution in [3.8, 4) is 11.4 Å². The van der Waals surface area contributed by atoms with Gasteiger partial charge in [0.05, 0.1) is 11.9 Å². The van der Waals surface area contributed by atoms with E-state index in [-0.39, 0.29) is 17.0 Å².